The fourth-order valence-electron chi connectivity index (χ4n) is 3.57. The van der Waals surface area contributed by atoms with Crippen LogP contribution in [0.3, 0.4) is 0 Å². The Hall–Kier alpha value is -0.410. The number of nitrogens with one attached hydrogen (secondary N) is 2. The molecule has 2 aliphatic heterocycles. The molecule has 0 amide bonds. The van der Waals surface area contributed by atoms with Gasteiger partial charge in [0, 0.05) is 19.0 Å². The van der Waals surface area contributed by atoms with Crippen molar-refractivity contribution in [2.45, 2.75) is 31.7 Å². The first-order valence-corrected chi connectivity index (χ1v) is 6.34. The summed E-state index contributed by atoms with van der Waals surface area (Å²) in [6.07, 6.45) is 4.80. The highest BCUT2D eigenvalue weighted by Crippen LogP contribution is 2.32. The number of ketones is 1. The quantitative estimate of drug-likeness (QED) is 0.696. The van der Waals surface area contributed by atoms with Crippen molar-refractivity contribution in [2.24, 2.45) is 17.8 Å². The summed E-state index contributed by atoms with van der Waals surface area (Å²) in [5.41, 5.74) is 0. The summed E-state index contributed by atoms with van der Waals surface area (Å²) < 4.78 is 0. The van der Waals surface area contributed by atoms with E-state index in [1.807, 2.05) is 0 Å². The van der Waals surface area contributed by atoms with Crippen LogP contribution in [0.25, 0.3) is 0 Å². The maximum atomic E-state index is 12.3. The minimum Gasteiger partial charge on any atom is -0.316 e. The van der Waals surface area contributed by atoms with Crippen LogP contribution in [0.15, 0.2) is 0 Å². The highest BCUT2D eigenvalue weighted by molar-refractivity contribution is 5.87. The summed E-state index contributed by atoms with van der Waals surface area (Å²) in [4.78, 5) is 12.3. The monoisotopic (exact) mass is 208 g/mol. The van der Waals surface area contributed by atoms with Crippen LogP contribution >= 0.6 is 0 Å². The largest absolute Gasteiger partial charge is 0.316 e. The first kappa shape index (κ1) is 9.79. The molecular formula is C12H20N2O. The van der Waals surface area contributed by atoms with Crippen molar-refractivity contribution in [3.63, 3.8) is 0 Å². The second-order valence-corrected chi connectivity index (χ2v) is 5.35. The number of hydrogen-bond acceptors (Lipinski definition) is 3. The van der Waals surface area contributed by atoms with Gasteiger partial charge in [-0.3, -0.25) is 4.79 Å². The smallest absolute Gasteiger partial charge is 0.153 e. The van der Waals surface area contributed by atoms with Crippen molar-refractivity contribution >= 4 is 5.78 Å². The van der Waals surface area contributed by atoms with E-state index in [4.69, 9.17) is 0 Å². The molecule has 2 N–H and O–H groups in total. The third-order valence-corrected chi connectivity index (χ3v) is 4.48. The molecule has 15 heavy (non-hydrogen) atoms. The minimum absolute atomic E-state index is 0.174. The lowest BCUT2D eigenvalue weighted by Crippen LogP contribution is -2.41. The van der Waals surface area contributed by atoms with Gasteiger partial charge in [-0.25, -0.2) is 0 Å². The molecule has 3 heteroatoms. The van der Waals surface area contributed by atoms with Crippen molar-refractivity contribution in [3.8, 4) is 0 Å². The maximum absolute atomic E-state index is 12.3. The van der Waals surface area contributed by atoms with E-state index in [1.165, 1.54) is 12.8 Å². The summed E-state index contributed by atoms with van der Waals surface area (Å²) in [5.74, 6) is 2.18. The molecule has 3 rings (SSSR count). The first-order valence-electron chi connectivity index (χ1n) is 6.34. The summed E-state index contributed by atoms with van der Waals surface area (Å²) in [5, 5.41) is 6.85. The molecular weight excluding hydrogens is 188 g/mol. The normalized spacial score (nSPS) is 40.9. The van der Waals surface area contributed by atoms with E-state index >= 15 is 0 Å². The molecule has 0 bridgehead atoms. The highest BCUT2D eigenvalue weighted by atomic mass is 16.1. The van der Waals surface area contributed by atoms with E-state index in [2.05, 4.69) is 10.6 Å². The van der Waals surface area contributed by atoms with Crippen LogP contribution in [-0.2, 0) is 4.79 Å². The average molecular weight is 208 g/mol. The van der Waals surface area contributed by atoms with Gasteiger partial charge in [0.15, 0.2) is 5.78 Å². The number of hydrogen-bond donors (Lipinski definition) is 2. The molecule has 0 aromatic rings. The van der Waals surface area contributed by atoms with Crippen LogP contribution in [0.5, 0.6) is 0 Å². The van der Waals surface area contributed by atoms with Crippen molar-refractivity contribution in [1.29, 1.82) is 0 Å². The predicted molar refractivity (Wildman–Crippen MR) is 58.6 cm³/mol. The van der Waals surface area contributed by atoms with Crippen LogP contribution in [-0.4, -0.2) is 31.5 Å². The molecule has 3 aliphatic rings. The van der Waals surface area contributed by atoms with Crippen LogP contribution in [0.4, 0.5) is 0 Å². The molecule has 0 spiro atoms. The van der Waals surface area contributed by atoms with Gasteiger partial charge in [0.25, 0.3) is 0 Å². The zero-order valence-electron chi connectivity index (χ0n) is 9.17. The standard InChI is InChI=1S/C12H20N2O/c15-12(8-3-1-2-4-8)11-10-7-13-5-9(10)6-14-11/h8-11,13-14H,1-7H2. The number of carbonyl (C=O) groups is 1. The SMILES string of the molecule is O=C(C1CCCC1)C1NCC2CNCC21. The first-order chi connectivity index (χ1) is 7.36. The molecule has 3 fully saturated rings. The predicted octanol–water partition coefficient (Wildman–Crippen LogP) is 0.553. The molecule has 1 saturated carbocycles. The molecule has 0 radical (unpaired) electrons. The molecule has 2 heterocycles. The van der Waals surface area contributed by atoms with Gasteiger partial charge in [0.05, 0.1) is 6.04 Å². The van der Waals surface area contributed by atoms with Gasteiger partial charge in [-0.2, -0.15) is 0 Å². The van der Waals surface area contributed by atoms with E-state index in [0.29, 0.717) is 23.5 Å². The average Bonchev–Trinajstić information content (AvgIpc) is 2.94. The highest BCUT2D eigenvalue weighted by Gasteiger charge is 2.44. The van der Waals surface area contributed by atoms with Gasteiger partial charge in [-0.15, -0.1) is 0 Å². The second-order valence-electron chi connectivity index (χ2n) is 5.35. The Labute approximate surface area is 91.0 Å². The van der Waals surface area contributed by atoms with Crippen LogP contribution < -0.4 is 10.6 Å². The lowest BCUT2D eigenvalue weighted by Gasteiger charge is -2.19. The topological polar surface area (TPSA) is 41.1 Å². The fourth-order valence-corrected chi connectivity index (χ4v) is 3.57. The summed E-state index contributed by atoms with van der Waals surface area (Å²) >= 11 is 0. The van der Waals surface area contributed by atoms with E-state index in [9.17, 15) is 4.79 Å². The Bertz CT molecular complexity index is 260. The zero-order valence-corrected chi connectivity index (χ0v) is 9.17. The molecule has 1 aliphatic carbocycles. The second kappa shape index (κ2) is 3.87. The number of rotatable bonds is 2. The van der Waals surface area contributed by atoms with Crippen molar-refractivity contribution in [2.75, 3.05) is 19.6 Å². The Morgan fingerprint density at radius 1 is 1.07 bits per heavy atom. The van der Waals surface area contributed by atoms with Crippen LogP contribution in [0, 0.1) is 17.8 Å². The van der Waals surface area contributed by atoms with Crippen LogP contribution in [0.2, 0.25) is 0 Å². The maximum Gasteiger partial charge on any atom is 0.153 e. The lowest BCUT2D eigenvalue weighted by atomic mass is 9.86. The zero-order chi connectivity index (χ0) is 10.3. The summed E-state index contributed by atoms with van der Waals surface area (Å²) in [7, 11) is 0. The van der Waals surface area contributed by atoms with Gasteiger partial charge in [0.1, 0.15) is 0 Å². The Balaban J connectivity index is 1.68. The Morgan fingerprint density at radius 3 is 2.67 bits per heavy atom. The summed E-state index contributed by atoms with van der Waals surface area (Å²) in [6, 6.07) is 0.174. The third kappa shape index (κ3) is 1.62. The Morgan fingerprint density at radius 2 is 1.87 bits per heavy atom. The van der Waals surface area contributed by atoms with E-state index in [-0.39, 0.29) is 6.04 Å². The summed E-state index contributed by atoms with van der Waals surface area (Å²) in [6.45, 7) is 3.19. The van der Waals surface area contributed by atoms with E-state index in [0.717, 1.165) is 32.5 Å². The molecule has 3 atom stereocenters. The number of fused-ring (bicyclic) bond motifs is 1. The minimum atomic E-state index is 0.174. The van der Waals surface area contributed by atoms with Gasteiger partial charge < -0.3 is 10.6 Å². The Kier molecular flexibility index (Phi) is 2.53. The van der Waals surface area contributed by atoms with Gasteiger partial charge in [-0.05, 0) is 31.2 Å². The molecule has 0 aromatic carbocycles. The van der Waals surface area contributed by atoms with E-state index < -0.39 is 0 Å². The van der Waals surface area contributed by atoms with Crippen molar-refractivity contribution < 1.29 is 4.79 Å². The van der Waals surface area contributed by atoms with Crippen molar-refractivity contribution in [1.82, 2.24) is 10.6 Å². The molecule has 2 saturated heterocycles. The van der Waals surface area contributed by atoms with Gasteiger partial charge in [0.2, 0.25) is 0 Å². The molecule has 0 aromatic heterocycles. The molecule has 3 unspecified atom stereocenters. The molecule has 84 valence electrons. The van der Waals surface area contributed by atoms with Gasteiger partial charge >= 0.3 is 0 Å². The number of carbonyl (C=O) groups excluding carboxylic acids is 1. The number of Topliss-reactive ketones (excluding diaryl/α,β-unsaturated/α-hetero) is 1. The third-order valence-electron chi connectivity index (χ3n) is 4.48. The fraction of sp³-hybridized carbons (Fsp3) is 0.917. The van der Waals surface area contributed by atoms with Gasteiger partial charge in [-0.1, -0.05) is 12.8 Å². The van der Waals surface area contributed by atoms with Crippen molar-refractivity contribution in [3.05, 3.63) is 0 Å². The molecule has 3 nitrogen and oxygen atoms in total. The van der Waals surface area contributed by atoms with E-state index in [1.54, 1.807) is 0 Å². The van der Waals surface area contributed by atoms with Crippen LogP contribution in [0.1, 0.15) is 25.7 Å². The lowest BCUT2D eigenvalue weighted by molar-refractivity contribution is -0.125.